The fourth-order valence-corrected chi connectivity index (χ4v) is 1.90. The van der Waals surface area contributed by atoms with E-state index in [2.05, 4.69) is 5.32 Å². The largest absolute Gasteiger partial charge is 0.488 e. The molecule has 1 aromatic carbocycles. The summed E-state index contributed by atoms with van der Waals surface area (Å²) in [6, 6.07) is 7.77. The van der Waals surface area contributed by atoms with Crippen molar-refractivity contribution in [2.24, 2.45) is 0 Å². The van der Waals surface area contributed by atoms with Crippen LogP contribution in [0.2, 0.25) is 0 Å². The van der Waals surface area contributed by atoms with E-state index in [1.54, 1.807) is 0 Å². The van der Waals surface area contributed by atoms with Gasteiger partial charge in [-0.25, -0.2) is 0 Å². The predicted molar refractivity (Wildman–Crippen MR) is 54.3 cm³/mol. The second-order valence-electron chi connectivity index (χ2n) is 3.62. The summed E-state index contributed by atoms with van der Waals surface area (Å²) < 4.78 is 5.59. The van der Waals surface area contributed by atoms with Crippen LogP contribution in [0.4, 0.5) is 0 Å². The Hall–Kier alpha value is -1.06. The van der Waals surface area contributed by atoms with E-state index < -0.39 is 6.10 Å². The summed E-state index contributed by atoms with van der Waals surface area (Å²) in [5.74, 6) is 0.865. The molecule has 2 rings (SSSR count). The van der Waals surface area contributed by atoms with Crippen molar-refractivity contribution < 1.29 is 9.84 Å². The number of hydrogen-bond acceptors (Lipinski definition) is 3. The first kappa shape index (κ1) is 9.49. The Morgan fingerprint density at radius 1 is 1.36 bits per heavy atom. The van der Waals surface area contributed by atoms with Crippen LogP contribution in [-0.2, 0) is 0 Å². The van der Waals surface area contributed by atoms with Gasteiger partial charge in [0.15, 0.2) is 0 Å². The topological polar surface area (TPSA) is 41.5 Å². The third kappa shape index (κ3) is 1.38. The second kappa shape index (κ2) is 3.59. The summed E-state index contributed by atoms with van der Waals surface area (Å²) in [6.07, 6.45) is -0.655. The summed E-state index contributed by atoms with van der Waals surface area (Å²) >= 11 is 0. The van der Waals surface area contributed by atoms with E-state index in [0.29, 0.717) is 0 Å². The monoisotopic (exact) mass is 193 g/mol. The highest BCUT2D eigenvalue weighted by Crippen LogP contribution is 2.34. The van der Waals surface area contributed by atoms with E-state index in [0.717, 1.165) is 11.3 Å². The van der Waals surface area contributed by atoms with Crippen molar-refractivity contribution in [2.75, 3.05) is 7.05 Å². The highest BCUT2D eigenvalue weighted by atomic mass is 16.5. The minimum absolute atomic E-state index is 0.0325. The van der Waals surface area contributed by atoms with E-state index in [-0.39, 0.29) is 12.1 Å². The standard InChI is InChI=1S/C11H15NO2/c1-7-11(13)10(12-2)8-5-3-4-6-9(8)14-7/h3-7,10-13H,1-2H3/t7-,10-,11-/m1/s1. The van der Waals surface area contributed by atoms with E-state index in [1.165, 1.54) is 0 Å². The van der Waals surface area contributed by atoms with E-state index in [4.69, 9.17) is 4.74 Å². The van der Waals surface area contributed by atoms with Crippen LogP contribution in [0.5, 0.6) is 5.75 Å². The van der Waals surface area contributed by atoms with Gasteiger partial charge < -0.3 is 15.2 Å². The Morgan fingerprint density at radius 2 is 2.07 bits per heavy atom. The van der Waals surface area contributed by atoms with Gasteiger partial charge in [-0.1, -0.05) is 18.2 Å². The third-order valence-electron chi connectivity index (χ3n) is 2.70. The summed E-state index contributed by atoms with van der Waals surface area (Å²) in [6.45, 7) is 1.88. The molecule has 3 nitrogen and oxygen atoms in total. The number of likely N-dealkylation sites (N-methyl/N-ethyl adjacent to an activating group) is 1. The van der Waals surface area contributed by atoms with Crippen molar-refractivity contribution >= 4 is 0 Å². The molecule has 1 aliphatic heterocycles. The molecule has 3 heteroatoms. The second-order valence-corrected chi connectivity index (χ2v) is 3.62. The fourth-order valence-electron chi connectivity index (χ4n) is 1.90. The molecule has 0 saturated heterocycles. The van der Waals surface area contributed by atoms with Crippen LogP contribution in [0.25, 0.3) is 0 Å². The smallest absolute Gasteiger partial charge is 0.124 e. The molecule has 0 spiro atoms. The van der Waals surface area contributed by atoms with Gasteiger partial charge in [0.2, 0.25) is 0 Å². The minimum atomic E-state index is -0.491. The number of nitrogens with one attached hydrogen (secondary N) is 1. The molecule has 3 atom stereocenters. The maximum absolute atomic E-state index is 9.90. The lowest BCUT2D eigenvalue weighted by Gasteiger charge is -2.34. The average Bonchev–Trinajstić information content (AvgIpc) is 2.20. The molecule has 0 aliphatic carbocycles. The molecule has 0 bridgehead atoms. The summed E-state index contributed by atoms with van der Waals surface area (Å²) in [5, 5.41) is 13.0. The molecule has 0 radical (unpaired) electrons. The molecule has 1 aromatic rings. The van der Waals surface area contributed by atoms with Crippen molar-refractivity contribution in [3.8, 4) is 5.75 Å². The number of aliphatic hydroxyl groups is 1. The van der Waals surface area contributed by atoms with Crippen molar-refractivity contribution in [3.05, 3.63) is 29.8 Å². The van der Waals surface area contributed by atoms with Gasteiger partial charge >= 0.3 is 0 Å². The van der Waals surface area contributed by atoms with Crippen LogP contribution in [0, 0.1) is 0 Å². The number of benzene rings is 1. The first-order chi connectivity index (χ1) is 6.74. The van der Waals surface area contributed by atoms with Gasteiger partial charge in [-0.2, -0.15) is 0 Å². The van der Waals surface area contributed by atoms with Crippen LogP contribution in [0.3, 0.4) is 0 Å². The number of fused-ring (bicyclic) bond motifs is 1. The molecule has 0 amide bonds. The number of rotatable bonds is 1. The SMILES string of the molecule is CN[C@@H]1c2ccccc2O[C@H](C)[C@H]1O. The molecule has 76 valence electrons. The predicted octanol–water partition coefficient (Wildman–Crippen LogP) is 1.09. The Labute approximate surface area is 83.7 Å². The van der Waals surface area contributed by atoms with Gasteiger partial charge in [0, 0.05) is 5.56 Å². The maximum Gasteiger partial charge on any atom is 0.124 e. The van der Waals surface area contributed by atoms with E-state index >= 15 is 0 Å². The summed E-state index contributed by atoms with van der Waals surface area (Å²) in [4.78, 5) is 0. The van der Waals surface area contributed by atoms with Crippen LogP contribution < -0.4 is 10.1 Å². The van der Waals surface area contributed by atoms with Gasteiger partial charge in [-0.15, -0.1) is 0 Å². The maximum atomic E-state index is 9.90. The highest BCUT2D eigenvalue weighted by molar-refractivity contribution is 5.38. The van der Waals surface area contributed by atoms with Crippen LogP contribution in [0.15, 0.2) is 24.3 Å². The zero-order chi connectivity index (χ0) is 10.1. The van der Waals surface area contributed by atoms with Crippen LogP contribution in [-0.4, -0.2) is 24.4 Å². The molecule has 0 unspecified atom stereocenters. The Morgan fingerprint density at radius 3 is 2.79 bits per heavy atom. The molecule has 0 fully saturated rings. The number of hydrogen-bond donors (Lipinski definition) is 2. The molecule has 1 aliphatic rings. The molecular weight excluding hydrogens is 178 g/mol. The van der Waals surface area contributed by atoms with E-state index in [9.17, 15) is 5.11 Å². The molecule has 14 heavy (non-hydrogen) atoms. The average molecular weight is 193 g/mol. The Balaban J connectivity index is 2.42. The molecule has 1 heterocycles. The zero-order valence-electron chi connectivity index (χ0n) is 8.40. The zero-order valence-corrected chi connectivity index (χ0v) is 8.40. The highest BCUT2D eigenvalue weighted by Gasteiger charge is 2.33. The van der Waals surface area contributed by atoms with E-state index in [1.807, 2.05) is 38.2 Å². The number of aliphatic hydroxyl groups excluding tert-OH is 1. The number of ether oxygens (including phenoxy) is 1. The molecule has 0 aromatic heterocycles. The van der Waals surface area contributed by atoms with Crippen molar-refractivity contribution in [1.82, 2.24) is 5.32 Å². The van der Waals surface area contributed by atoms with Crippen LogP contribution in [0.1, 0.15) is 18.5 Å². The first-order valence-corrected chi connectivity index (χ1v) is 4.85. The number of para-hydroxylation sites is 1. The van der Waals surface area contributed by atoms with Crippen molar-refractivity contribution in [1.29, 1.82) is 0 Å². The van der Waals surface area contributed by atoms with Gasteiger partial charge in [0.1, 0.15) is 18.0 Å². The van der Waals surface area contributed by atoms with Gasteiger partial charge in [-0.05, 0) is 20.0 Å². The molecular formula is C11H15NO2. The minimum Gasteiger partial charge on any atom is -0.488 e. The normalized spacial score (nSPS) is 30.6. The third-order valence-corrected chi connectivity index (χ3v) is 2.70. The van der Waals surface area contributed by atoms with Crippen molar-refractivity contribution in [2.45, 2.75) is 25.2 Å². The van der Waals surface area contributed by atoms with Gasteiger partial charge in [0.25, 0.3) is 0 Å². The van der Waals surface area contributed by atoms with Gasteiger partial charge in [0.05, 0.1) is 6.04 Å². The first-order valence-electron chi connectivity index (χ1n) is 4.85. The molecule has 0 saturated carbocycles. The summed E-state index contributed by atoms with van der Waals surface area (Å²) in [7, 11) is 1.85. The summed E-state index contributed by atoms with van der Waals surface area (Å²) in [5.41, 5.74) is 1.03. The van der Waals surface area contributed by atoms with Crippen LogP contribution >= 0.6 is 0 Å². The Bertz CT molecular complexity index is 327. The fraction of sp³-hybridized carbons (Fsp3) is 0.455. The van der Waals surface area contributed by atoms with Crippen molar-refractivity contribution in [3.63, 3.8) is 0 Å². The molecule has 2 N–H and O–H groups in total. The Kier molecular flexibility index (Phi) is 2.44. The lowest BCUT2D eigenvalue weighted by atomic mass is 9.94. The lowest BCUT2D eigenvalue weighted by Crippen LogP contribution is -2.43. The quantitative estimate of drug-likeness (QED) is 0.701. The lowest BCUT2D eigenvalue weighted by molar-refractivity contribution is 0.00453. The van der Waals surface area contributed by atoms with Gasteiger partial charge in [-0.3, -0.25) is 0 Å².